The molecule has 0 heterocycles. The zero-order valence-corrected chi connectivity index (χ0v) is 13.3. The fraction of sp³-hybridized carbons (Fsp3) is 0.133. The number of carbonyl (C=O) groups excluding carboxylic acids is 1. The highest BCUT2D eigenvalue weighted by atomic mass is 35.5. The molecule has 21 heavy (non-hydrogen) atoms. The normalized spacial score (nSPS) is 10.4. The molecule has 0 aliphatic carbocycles. The minimum Gasteiger partial charge on any atom is -0.392 e. The Labute approximate surface area is 137 Å². The predicted octanol–water partition coefficient (Wildman–Crippen LogP) is 4.22. The second-order valence-electron chi connectivity index (χ2n) is 4.23. The summed E-state index contributed by atoms with van der Waals surface area (Å²) in [6.07, 6.45) is 0. The van der Waals surface area contributed by atoms with Gasteiger partial charge in [0.05, 0.1) is 17.4 Å². The Morgan fingerprint density at radius 1 is 1.19 bits per heavy atom. The summed E-state index contributed by atoms with van der Waals surface area (Å²) in [6.45, 7) is -0.121. The van der Waals surface area contributed by atoms with E-state index in [9.17, 15) is 9.90 Å². The summed E-state index contributed by atoms with van der Waals surface area (Å²) < 4.78 is 0. The van der Waals surface area contributed by atoms with Gasteiger partial charge in [-0.3, -0.25) is 4.79 Å². The number of amides is 1. The molecule has 0 unspecified atom stereocenters. The molecule has 2 aromatic carbocycles. The summed E-state index contributed by atoms with van der Waals surface area (Å²) in [6, 6.07) is 12.2. The van der Waals surface area contributed by atoms with Gasteiger partial charge in [-0.25, -0.2) is 0 Å². The second-order valence-corrected chi connectivity index (χ2v) is 6.09. The Morgan fingerprint density at radius 3 is 2.71 bits per heavy atom. The zero-order chi connectivity index (χ0) is 15.2. The lowest BCUT2D eigenvalue weighted by Crippen LogP contribution is -2.15. The van der Waals surface area contributed by atoms with Gasteiger partial charge in [0.15, 0.2) is 0 Å². The van der Waals surface area contributed by atoms with Gasteiger partial charge in [-0.2, -0.15) is 0 Å². The van der Waals surface area contributed by atoms with Crippen LogP contribution in [-0.2, 0) is 11.4 Å². The molecule has 0 saturated heterocycles. The van der Waals surface area contributed by atoms with Gasteiger partial charge in [0.2, 0.25) is 5.91 Å². The maximum absolute atomic E-state index is 12.0. The number of benzene rings is 2. The Balaban J connectivity index is 1.97. The maximum Gasteiger partial charge on any atom is 0.234 e. The number of carbonyl (C=O) groups is 1. The minimum atomic E-state index is -0.169. The SMILES string of the molecule is O=C(CSc1cc(Cl)ccc1Cl)Nc1ccccc1CO. The van der Waals surface area contributed by atoms with E-state index in [1.807, 2.05) is 6.07 Å². The first-order chi connectivity index (χ1) is 10.1. The van der Waals surface area contributed by atoms with E-state index in [1.165, 1.54) is 11.8 Å². The van der Waals surface area contributed by atoms with Crippen LogP contribution < -0.4 is 5.32 Å². The van der Waals surface area contributed by atoms with Crippen molar-refractivity contribution >= 4 is 46.6 Å². The van der Waals surface area contributed by atoms with Crippen LogP contribution in [0.15, 0.2) is 47.4 Å². The van der Waals surface area contributed by atoms with Gasteiger partial charge in [-0.1, -0.05) is 41.4 Å². The monoisotopic (exact) mass is 341 g/mol. The van der Waals surface area contributed by atoms with Gasteiger partial charge in [-0.05, 0) is 24.3 Å². The Bertz CT molecular complexity index is 649. The van der Waals surface area contributed by atoms with Crippen LogP contribution in [0.5, 0.6) is 0 Å². The molecule has 3 nitrogen and oxygen atoms in total. The standard InChI is InChI=1S/C15H13Cl2NO2S/c16-11-5-6-12(17)14(7-11)21-9-15(20)18-13-4-2-1-3-10(13)8-19/h1-7,19H,8-9H2,(H,18,20). The number of nitrogens with one attached hydrogen (secondary N) is 1. The average Bonchev–Trinajstić information content (AvgIpc) is 2.49. The van der Waals surface area contributed by atoms with Crippen molar-refractivity contribution in [1.29, 1.82) is 0 Å². The summed E-state index contributed by atoms with van der Waals surface area (Å²) in [7, 11) is 0. The molecule has 0 spiro atoms. The van der Waals surface area contributed by atoms with Crippen molar-refractivity contribution < 1.29 is 9.90 Å². The molecule has 0 radical (unpaired) electrons. The van der Waals surface area contributed by atoms with Crippen molar-refractivity contribution in [3.8, 4) is 0 Å². The lowest BCUT2D eigenvalue weighted by atomic mass is 10.2. The maximum atomic E-state index is 12.0. The Morgan fingerprint density at radius 2 is 1.95 bits per heavy atom. The number of para-hydroxylation sites is 1. The van der Waals surface area contributed by atoms with Crippen LogP contribution in [0.2, 0.25) is 10.0 Å². The summed E-state index contributed by atoms with van der Waals surface area (Å²) in [4.78, 5) is 12.7. The molecule has 2 N–H and O–H groups in total. The van der Waals surface area contributed by atoms with E-state index in [1.54, 1.807) is 36.4 Å². The number of aliphatic hydroxyl groups excluding tert-OH is 1. The molecule has 0 aliphatic rings. The van der Waals surface area contributed by atoms with Crippen molar-refractivity contribution in [2.75, 3.05) is 11.1 Å². The first kappa shape index (κ1) is 16.2. The van der Waals surface area contributed by atoms with Crippen LogP contribution in [0, 0.1) is 0 Å². The van der Waals surface area contributed by atoms with Gasteiger partial charge in [0.1, 0.15) is 0 Å². The number of halogens is 2. The molecule has 0 bridgehead atoms. The summed E-state index contributed by atoms with van der Waals surface area (Å²) in [5.74, 6) is 0.0387. The molecule has 0 aromatic heterocycles. The van der Waals surface area contributed by atoms with Crippen molar-refractivity contribution in [2.45, 2.75) is 11.5 Å². The first-order valence-corrected chi connectivity index (χ1v) is 7.91. The molecule has 0 saturated carbocycles. The number of rotatable bonds is 5. The number of thioether (sulfide) groups is 1. The lowest BCUT2D eigenvalue weighted by Gasteiger charge is -2.09. The van der Waals surface area contributed by atoms with E-state index < -0.39 is 0 Å². The van der Waals surface area contributed by atoms with Crippen LogP contribution in [0.25, 0.3) is 0 Å². The van der Waals surface area contributed by atoms with Crippen molar-refractivity contribution in [3.05, 3.63) is 58.1 Å². The molecule has 2 rings (SSSR count). The summed E-state index contributed by atoms with van der Waals surface area (Å²) in [5.41, 5.74) is 1.29. The van der Waals surface area contributed by atoms with E-state index in [2.05, 4.69) is 5.32 Å². The average molecular weight is 342 g/mol. The molecule has 0 aliphatic heterocycles. The molecule has 6 heteroatoms. The molecule has 2 aromatic rings. The van der Waals surface area contributed by atoms with Crippen LogP contribution in [0.3, 0.4) is 0 Å². The van der Waals surface area contributed by atoms with Gasteiger partial charge in [-0.15, -0.1) is 11.8 Å². The van der Waals surface area contributed by atoms with Crippen LogP contribution in [-0.4, -0.2) is 16.8 Å². The highest BCUT2D eigenvalue weighted by Crippen LogP contribution is 2.30. The lowest BCUT2D eigenvalue weighted by molar-refractivity contribution is -0.113. The van der Waals surface area contributed by atoms with Gasteiger partial charge in [0, 0.05) is 21.2 Å². The topological polar surface area (TPSA) is 49.3 Å². The summed E-state index contributed by atoms with van der Waals surface area (Å²) in [5, 5.41) is 13.1. The molecule has 0 atom stereocenters. The predicted molar refractivity (Wildman–Crippen MR) is 88.2 cm³/mol. The second kappa shape index (κ2) is 7.71. The highest BCUT2D eigenvalue weighted by Gasteiger charge is 2.09. The highest BCUT2D eigenvalue weighted by molar-refractivity contribution is 8.00. The van der Waals surface area contributed by atoms with Crippen molar-refractivity contribution in [2.24, 2.45) is 0 Å². The Kier molecular flexibility index (Phi) is 5.94. The van der Waals surface area contributed by atoms with Gasteiger partial charge in [0.25, 0.3) is 0 Å². The largest absolute Gasteiger partial charge is 0.392 e. The van der Waals surface area contributed by atoms with Crippen LogP contribution in [0.1, 0.15) is 5.56 Å². The number of hydrogen-bond donors (Lipinski definition) is 2. The fourth-order valence-electron chi connectivity index (χ4n) is 1.70. The van der Waals surface area contributed by atoms with E-state index in [0.29, 0.717) is 21.3 Å². The first-order valence-electron chi connectivity index (χ1n) is 6.16. The number of anilines is 1. The summed E-state index contributed by atoms with van der Waals surface area (Å²) >= 11 is 13.3. The Hall–Kier alpha value is -1.20. The number of hydrogen-bond acceptors (Lipinski definition) is 3. The van der Waals surface area contributed by atoms with E-state index in [-0.39, 0.29) is 18.3 Å². The van der Waals surface area contributed by atoms with Gasteiger partial charge >= 0.3 is 0 Å². The van der Waals surface area contributed by atoms with Crippen LogP contribution in [0.4, 0.5) is 5.69 Å². The molecule has 1 amide bonds. The fourth-order valence-corrected chi connectivity index (χ4v) is 2.99. The van der Waals surface area contributed by atoms with Gasteiger partial charge < -0.3 is 10.4 Å². The van der Waals surface area contributed by atoms with E-state index in [0.717, 1.165) is 4.90 Å². The molecule has 0 fully saturated rings. The number of aliphatic hydroxyl groups is 1. The van der Waals surface area contributed by atoms with Crippen LogP contribution >= 0.6 is 35.0 Å². The molecular formula is C15H13Cl2NO2S. The smallest absolute Gasteiger partial charge is 0.234 e. The van der Waals surface area contributed by atoms with Crippen molar-refractivity contribution in [3.63, 3.8) is 0 Å². The van der Waals surface area contributed by atoms with E-state index in [4.69, 9.17) is 23.2 Å². The third-order valence-corrected chi connectivity index (χ3v) is 4.45. The quantitative estimate of drug-likeness (QED) is 0.800. The zero-order valence-electron chi connectivity index (χ0n) is 11.0. The van der Waals surface area contributed by atoms with E-state index >= 15 is 0 Å². The third kappa shape index (κ3) is 4.64. The molecular weight excluding hydrogens is 329 g/mol. The minimum absolute atomic E-state index is 0.121. The third-order valence-electron chi connectivity index (χ3n) is 2.71. The molecule has 110 valence electrons. The van der Waals surface area contributed by atoms with Crippen molar-refractivity contribution in [1.82, 2.24) is 0 Å².